The van der Waals surface area contributed by atoms with Gasteiger partial charge in [-0.1, -0.05) is 11.6 Å². The monoisotopic (exact) mass is 335 g/mol. The van der Waals surface area contributed by atoms with Gasteiger partial charge < -0.3 is 11.1 Å². The highest BCUT2D eigenvalue weighted by Gasteiger charge is 2.27. The van der Waals surface area contributed by atoms with Crippen molar-refractivity contribution >= 4 is 33.2 Å². The van der Waals surface area contributed by atoms with Crippen LogP contribution in [-0.4, -0.2) is 44.0 Å². The molecule has 3 N–H and O–H groups in total. The van der Waals surface area contributed by atoms with Crippen LogP contribution in [0.4, 0.5) is 10.1 Å². The van der Waals surface area contributed by atoms with E-state index in [4.69, 9.17) is 17.3 Å². The second-order valence-electron chi connectivity index (χ2n) is 4.67. The van der Waals surface area contributed by atoms with Gasteiger partial charge in [0.2, 0.25) is 10.0 Å². The molecular weight excluding hydrogens is 321 g/mol. The number of carbonyl (C=O) groups is 1. The standard InChI is InChI=1S/C12H15ClFN3O3S/c13-8-6-9(11(15)10(14)7-8)12(18)16-2-4-17-3-1-5-21(17,19)20/h6-7H,1-5,15H2,(H,16,18). The van der Waals surface area contributed by atoms with Crippen molar-refractivity contribution in [1.29, 1.82) is 0 Å². The summed E-state index contributed by atoms with van der Waals surface area (Å²) in [5.41, 5.74) is 5.14. The molecule has 1 heterocycles. The number of benzene rings is 1. The summed E-state index contributed by atoms with van der Waals surface area (Å²) in [7, 11) is -3.20. The highest BCUT2D eigenvalue weighted by molar-refractivity contribution is 7.89. The van der Waals surface area contributed by atoms with E-state index in [2.05, 4.69) is 5.32 Å². The number of nitrogen functional groups attached to an aromatic ring is 1. The Morgan fingerprint density at radius 1 is 1.48 bits per heavy atom. The number of amides is 1. The van der Waals surface area contributed by atoms with E-state index < -0.39 is 21.7 Å². The van der Waals surface area contributed by atoms with Crippen LogP contribution < -0.4 is 11.1 Å². The minimum Gasteiger partial charge on any atom is -0.396 e. The molecule has 0 radical (unpaired) electrons. The molecule has 1 aromatic carbocycles. The van der Waals surface area contributed by atoms with Crippen LogP contribution in [0.1, 0.15) is 16.8 Å². The number of nitrogens with zero attached hydrogens (tertiary/aromatic N) is 1. The van der Waals surface area contributed by atoms with Crippen molar-refractivity contribution in [3.63, 3.8) is 0 Å². The maximum Gasteiger partial charge on any atom is 0.253 e. The summed E-state index contributed by atoms with van der Waals surface area (Å²) in [6.07, 6.45) is 0.586. The van der Waals surface area contributed by atoms with Gasteiger partial charge in [-0.15, -0.1) is 0 Å². The minimum atomic E-state index is -3.20. The Balaban J connectivity index is 1.97. The number of halogens is 2. The number of nitrogens with two attached hydrogens (primary N) is 1. The summed E-state index contributed by atoms with van der Waals surface area (Å²) in [6, 6.07) is 2.28. The van der Waals surface area contributed by atoms with Crippen LogP contribution in [0.15, 0.2) is 12.1 Å². The summed E-state index contributed by atoms with van der Waals surface area (Å²) in [6.45, 7) is 0.745. The van der Waals surface area contributed by atoms with Gasteiger partial charge in [0.15, 0.2) is 0 Å². The summed E-state index contributed by atoms with van der Waals surface area (Å²) >= 11 is 5.68. The molecule has 6 nitrogen and oxygen atoms in total. The molecule has 0 bridgehead atoms. The van der Waals surface area contributed by atoms with Gasteiger partial charge in [-0.3, -0.25) is 4.79 Å². The number of nitrogens with one attached hydrogen (secondary N) is 1. The molecule has 0 saturated carbocycles. The molecular formula is C12H15ClFN3O3S. The Hall–Kier alpha value is -1.38. The fourth-order valence-corrected chi connectivity index (χ4v) is 3.84. The number of rotatable bonds is 4. The van der Waals surface area contributed by atoms with Crippen LogP contribution >= 0.6 is 11.6 Å². The maximum absolute atomic E-state index is 13.4. The average molecular weight is 336 g/mol. The van der Waals surface area contributed by atoms with Crippen LogP contribution in [0, 0.1) is 5.82 Å². The second kappa shape index (κ2) is 6.17. The van der Waals surface area contributed by atoms with Crippen molar-refractivity contribution in [3.8, 4) is 0 Å². The van der Waals surface area contributed by atoms with E-state index in [1.165, 1.54) is 10.4 Å². The van der Waals surface area contributed by atoms with Crippen molar-refractivity contribution in [3.05, 3.63) is 28.5 Å². The lowest BCUT2D eigenvalue weighted by molar-refractivity contribution is 0.0952. The van der Waals surface area contributed by atoms with Gasteiger partial charge in [0.05, 0.1) is 17.0 Å². The van der Waals surface area contributed by atoms with Gasteiger partial charge in [-0.2, -0.15) is 0 Å². The lowest BCUT2D eigenvalue weighted by Crippen LogP contribution is -2.36. The number of hydrogen-bond acceptors (Lipinski definition) is 4. The number of sulfonamides is 1. The quantitative estimate of drug-likeness (QED) is 0.797. The number of carbonyl (C=O) groups excluding carboxylic acids is 1. The molecule has 0 aliphatic carbocycles. The van der Waals surface area contributed by atoms with E-state index >= 15 is 0 Å². The van der Waals surface area contributed by atoms with E-state index in [-0.39, 0.29) is 35.1 Å². The van der Waals surface area contributed by atoms with Gasteiger partial charge in [0.25, 0.3) is 5.91 Å². The lowest BCUT2D eigenvalue weighted by atomic mass is 10.1. The average Bonchev–Trinajstić information content (AvgIpc) is 2.73. The SMILES string of the molecule is Nc1c(F)cc(Cl)cc1C(=O)NCCN1CCCS1(=O)=O. The minimum absolute atomic E-state index is 0.0639. The third-order valence-electron chi connectivity index (χ3n) is 3.19. The van der Waals surface area contributed by atoms with Crippen LogP contribution in [0.5, 0.6) is 0 Å². The normalized spacial score (nSPS) is 17.8. The van der Waals surface area contributed by atoms with E-state index in [1.54, 1.807) is 0 Å². The molecule has 0 atom stereocenters. The molecule has 0 aromatic heterocycles. The van der Waals surface area contributed by atoms with Crippen LogP contribution in [0.25, 0.3) is 0 Å². The third-order valence-corrected chi connectivity index (χ3v) is 5.36. The largest absolute Gasteiger partial charge is 0.396 e. The van der Waals surface area contributed by atoms with Crippen molar-refractivity contribution in [2.75, 3.05) is 31.1 Å². The maximum atomic E-state index is 13.4. The first-order valence-electron chi connectivity index (χ1n) is 6.32. The zero-order chi connectivity index (χ0) is 15.6. The van der Waals surface area contributed by atoms with Crippen molar-refractivity contribution in [2.24, 2.45) is 0 Å². The molecule has 0 spiro atoms. The van der Waals surface area contributed by atoms with E-state index in [1.807, 2.05) is 0 Å². The Morgan fingerprint density at radius 2 is 2.19 bits per heavy atom. The highest BCUT2D eigenvalue weighted by Crippen LogP contribution is 2.22. The van der Waals surface area contributed by atoms with E-state index in [0.29, 0.717) is 13.0 Å². The fourth-order valence-electron chi connectivity index (χ4n) is 2.10. The van der Waals surface area contributed by atoms with Gasteiger partial charge in [-0.05, 0) is 18.6 Å². The molecule has 1 fully saturated rings. The zero-order valence-electron chi connectivity index (χ0n) is 11.1. The highest BCUT2D eigenvalue weighted by atomic mass is 35.5. The Kier molecular flexibility index (Phi) is 4.70. The molecule has 1 amide bonds. The van der Waals surface area contributed by atoms with Gasteiger partial charge in [-0.25, -0.2) is 17.1 Å². The van der Waals surface area contributed by atoms with Crippen molar-refractivity contribution in [1.82, 2.24) is 9.62 Å². The summed E-state index contributed by atoms with van der Waals surface area (Å²) in [5, 5.41) is 2.57. The number of anilines is 1. The second-order valence-corrected chi connectivity index (χ2v) is 7.20. The Labute approximate surface area is 127 Å². The van der Waals surface area contributed by atoms with Crippen LogP contribution in [0.2, 0.25) is 5.02 Å². The predicted octanol–water partition coefficient (Wildman–Crippen LogP) is 0.827. The third kappa shape index (κ3) is 3.63. The van der Waals surface area contributed by atoms with Gasteiger partial charge in [0, 0.05) is 24.7 Å². The predicted molar refractivity (Wildman–Crippen MR) is 78.1 cm³/mol. The summed E-state index contributed by atoms with van der Waals surface area (Å²) in [5.74, 6) is -1.23. The lowest BCUT2D eigenvalue weighted by Gasteiger charge is -2.15. The molecule has 0 unspecified atom stereocenters. The molecule has 1 aliphatic rings. The van der Waals surface area contributed by atoms with E-state index in [0.717, 1.165) is 6.07 Å². The topological polar surface area (TPSA) is 92.5 Å². The molecule has 116 valence electrons. The molecule has 1 aromatic rings. The first-order valence-corrected chi connectivity index (χ1v) is 8.30. The van der Waals surface area contributed by atoms with Gasteiger partial charge in [0.1, 0.15) is 5.82 Å². The van der Waals surface area contributed by atoms with Crippen molar-refractivity contribution < 1.29 is 17.6 Å². The molecule has 1 saturated heterocycles. The first-order chi connectivity index (χ1) is 9.81. The molecule has 9 heteroatoms. The zero-order valence-corrected chi connectivity index (χ0v) is 12.7. The molecule has 21 heavy (non-hydrogen) atoms. The Bertz CT molecular complexity index is 666. The molecule has 1 aliphatic heterocycles. The summed E-state index contributed by atoms with van der Waals surface area (Å²) < 4.78 is 37.9. The van der Waals surface area contributed by atoms with Gasteiger partial charge >= 0.3 is 0 Å². The van der Waals surface area contributed by atoms with Crippen LogP contribution in [-0.2, 0) is 10.0 Å². The number of hydrogen-bond donors (Lipinski definition) is 2. The Morgan fingerprint density at radius 3 is 2.81 bits per heavy atom. The first kappa shape index (κ1) is 16.0. The van der Waals surface area contributed by atoms with Crippen LogP contribution in [0.3, 0.4) is 0 Å². The fraction of sp³-hybridized carbons (Fsp3) is 0.417. The molecule has 2 rings (SSSR count). The summed E-state index contributed by atoms with van der Waals surface area (Å²) in [4.78, 5) is 11.9. The van der Waals surface area contributed by atoms with Crippen molar-refractivity contribution in [2.45, 2.75) is 6.42 Å². The smallest absolute Gasteiger partial charge is 0.253 e. The van der Waals surface area contributed by atoms with E-state index in [9.17, 15) is 17.6 Å².